The van der Waals surface area contributed by atoms with Crippen molar-refractivity contribution in [1.82, 2.24) is 5.32 Å². The van der Waals surface area contributed by atoms with Gasteiger partial charge in [-0.05, 0) is 18.6 Å². The van der Waals surface area contributed by atoms with Gasteiger partial charge in [0.1, 0.15) is 11.8 Å². The third-order valence-electron chi connectivity index (χ3n) is 2.38. The third-order valence-corrected chi connectivity index (χ3v) is 2.38. The second-order valence-electron chi connectivity index (χ2n) is 3.91. The first kappa shape index (κ1) is 15.0. The van der Waals surface area contributed by atoms with Gasteiger partial charge in [-0.25, -0.2) is 4.79 Å². The summed E-state index contributed by atoms with van der Waals surface area (Å²) in [5, 5.41) is 19.6. The number of carboxylic acid groups (broad SMARTS) is 1. The molecule has 0 aliphatic rings. The van der Waals surface area contributed by atoms with Crippen LogP contribution in [0.5, 0.6) is 5.75 Å². The number of rotatable bonds is 8. The number of carboxylic acids is 1. The lowest BCUT2D eigenvalue weighted by molar-refractivity contribution is -0.142. The van der Waals surface area contributed by atoms with E-state index in [0.717, 1.165) is 5.75 Å². The maximum atomic E-state index is 11.4. The van der Waals surface area contributed by atoms with Crippen molar-refractivity contribution in [3.63, 3.8) is 0 Å². The van der Waals surface area contributed by atoms with Crippen molar-refractivity contribution in [1.29, 1.82) is 0 Å². The smallest absolute Gasteiger partial charge is 0.328 e. The van der Waals surface area contributed by atoms with Gasteiger partial charge in [0.2, 0.25) is 5.91 Å². The number of benzene rings is 1. The van der Waals surface area contributed by atoms with E-state index in [-0.39, 0.29) is 6.42 Å². The van der Waals surface area contributed by atoms with Gasteiger partial charge < -0.3 is 20.3 Å². The Morgan fingerprint density at radius 3 is 2.53 bits per heavy atom. The molecule has 1 aromatic carbocycles. The molecule has 19 heavy (non-hydrogen) atoms. The largest absolute Gasteiger partial charge is 0.494 e. The summed E-state index contributed by atoms with van der Waals surface area (Å²) in [5.41, 5.74) is 0. The van der Waals surface area contributed by atoms with Gasteiger partial charge >= 0.3 is 5.97 Å². The molecule has 6 heteroatoms. The molecule has 0 aliphatic heterocycles. The fourth-order valence-corrected chi connectivity index (χ4v) is 1.39. The van der Waals surface area contributed by atoms with Gasteiger partial charge in [-0.3, -0.25) is 4.79 Å². The van der Waals surface area contributed by atoms with Crippen LogP contribution in [0, 0.1) is 0 Å². The summed E-state index contributed by atoms with van der Waals surface area (Å²) in [6.07, 6.45) is 0.620. The van der Waals surface area contributed by atoms with E-state index in [1.165, 1.54) is 0 Å². The van der Waals surface area contributed by atoms with E-state index in [1.54, 1.807) is 0 Å². The molecular weight excluding hydrogens is 250 g/mol. The Bertz CT molecular complexity index is 407. The molecule has 0 fully saturated rings. The fraction of sp³-hybridized carbons (Fsp3) is 0.385. The Morgan fingerprint density at radius 1 is 1.26 bits per heavy atom. The molecule has 0 saturated carbocycles. The number of nitrogens with one attached hydrogen (secondary N) is 1. The molecule has 0 saturated heterocycles. The molecule has 1 aromatic rings. The number of aliphatic hydroxyl groups excluding tert-OH is 1. The van der Waals surface area contributed by atoms with Crippen LogP contribution in [0.15, 0.2) is 30.3 Å². The van der Waals surface area contributed by atoms with Gasteiger partial charge in [0, 0.05) is 6.42 Å². The van der Waals surface area contributed by atoms with Gasteiger partial charge in [0.15, 0.2) is 0 Å². The van der Waals surface area contributed by atoms with E-state index in [4.69, 9.17) is 14.9 Å². The summed E-state index contributed by atoms with van der Waals surface area (Å²) >= 11 is 0. The van der Waals surface area contributed by atoms with Crippen LogP contribution in [-0.2, 0) is 9.59 Å². The van der Waals surface area contributed by atoms with Crippen molar-refractivity contribution in [2.24, 2.45) is 0 Å². The minimum Gasteiger partial charge on any atom is -0.494 e. The molecule has 0 bridgehead atoms. The summed E-state index contributed by atoms with van der Waals surface area (Å²) in [6.45, 7) is -0.254. The average molecular weight is 267 g/mol. The van der Waals surface area contributed by atoms with E-state index in [1.807, 2.05) is 30.3 Å². The molecule has 0 heterocycles. The lowest BCUT2D eigenvalue weighted by atomic mass is 10.2. The molecule has 3 N–H and O–H groups in total. The van der Waals surface area contributed by atoms with Crippen molar-refractivity contribution in [3.8, 4) is 5.75 Å². The van der Waals surface area contributed by atoms with Crippen LogP contribution in [0.2, 0.25) is 0 Å². The number of hydrogen-bond donors (Lipinski definition) is 3. The van der Waals surface area contributed by atoms with Crippen molar-refractivity contribution in [3.05, 3.63) is 30.3 Å². The summed E-state index contributed by atoms with van der Waals surface area (Å²) in [5.74, 6) is -0.948. The van der Waals surface area contributed by atoms with Crippen molar-refractivity contribution in [2.75, 3.05) is 13.2 Å². The first-order valence-corrected chi connectivity index (χ1v) is 5.94. The molecule has 0 aliphatic carbocycles. The molecule has 0 radical (unpaired) electrons. The second kappa shape index (κ2) is 8.10. The van der Waals surface area contributed by atoms with E-state index in [2.05, 4.69) is 5.32 Å². The summed E-state index contributed by atoms with van der Waals surface area (Å²) in [4.78, 5) is 22.0. The van der Waals surface area contributed by atoms with Crippen LogP contribution in [-0.4, -0.2) is 41.3 Å². The van der Waals surface area contributed by atoms with E-state index in [0.29, 0.717) is 13.0 Å². The SMILES string of the molecule is O=C(CCCOc1ccccc1)N[C@@H](CO)C(=O)O. The number of aliphatic hydroxyl groups is 1. The van der Waals surface area contributed by atoms with Crippen molar-refractivity contribution >= 4 is 11.9 Å². The maximum Gasteiger partial charge on any atom is 0.328 e. The molecule has 1 amide bonds. The number of ether oxygens (including phenoxy) is 1. The third kappa shape index (κ3) is 5.87. The number of aliphatic carboxylic acids is 1. The van der Waals surface area contributed by atoms with Crippen molar-refractivity contribution in [2.45, 2.75) is 18.9 Å². The molecular formula is C13H17NO5. The number of hydrogen-bond acceptors (Lipinski definition) is 4. The van der Waals surface area contributed by atoms with Gasteiger partial charge in [-0.2, -0.15) is 0 Å². The molecule has 0 spiro atoms. The highest BCUT2D eigenvalue weighted by Crippen LogP contribution is 2.08. The maximum absolute atomic E-state index is 11.4. The Morgan fingerprint density at radius 2 is 1.95 bits per heavy atom. The average Bonchev–Trinajstić information content (AvgIpc) is 2.42. The van der Waals surface area contributed by atoms with Gasteiger partial charge in [0.25, 0.3) is 0 Å². The van der Waals surface area contributed by atoms with Gasteiger partial charge in [0.05, 0.1) is 13.2 Å². The quantitative estimate of drug-likeness (QED) is 0.593. The minimum absolute atomic E-state index is 0.149. The lowest BCUT2D eigenvalue weighted by Crippen LogP contribution is -2.43. The zero-order valence-electron chi connectivity index (χ0n) is 10.4. The summed E-state index contributed by atoms with van der Waals surface area (Å²) in [6, 6.07) is 7.95. The summed E-state index contributed by atoms with van der Waals surface area (Å²) < 4.78 is 5.39. The fourth-order valence-electron chi connectivity index (χ4n) is 1.39. The molecule has 104 valence electrons. The van der Waals surface area contributed by atoms with E-state index in [9.17, 15) is 9.59 Å². The van der Waals surface area contributed by atoms with Gasteiger partial charge in [-0.1, -0.05) is 18.2 Å². The molecule has 0 unspecified atom stereocenters. The van der Waals surface area contributed by atoms with Crippen LogP contribution < -0.4 is 10.1 Å². The number of carbonyl (C=O) groups excluding carboxylic acids is 1. The Hall–Kier alpha value is -2.08. The minimum atomic E-state index is -1.25. The van der Waals surface area contributed by atoms with Crippen LogP contribution in [0.3, 0.4) is 0 Å². The zero-order valence-corrected chi connectivity index (χ0v) is 10.4. The predicted octanol–water partition coefficient (Wildman–Crippen LogP) is 0.407. The standard InChI is InChI=1S/C13H17NO5/c15-9-11(13(17)18)14-12(16)7-4-8-19-10-5-2-1-3-6-10/h1-3,5-6,11,15H,4,7-9H2,(H,14,16)(H,17,18)/t11-/m0/s1. The second-order valence-corrected chi connectivity index (χ2v) is 3.91. The molecule has 0 aromatic heterocycles. The Kier molecular flexibility index (Phi) is 6.38. The van der Waals surface area contributed by atoms with E-state index >= 15 is 0 Å². The van der Waals surface area contributed by atoms with Crippen LogP contribution in [0.25, 0.3) is 0 Å². The molecule has 1 atom stereocenters. The monoisotopic (exact) mass is 267 g/mol. The van der Waals surface area contributed by atoms with Crippen molar-refractivity contribution < 1.29 is 24.5 Å². The molecule has 1 rings (SSSR count). The highest BCUT2D eigenvalue weighted by molar-refractivity contribution is 5.83. The van der Waals surface area contributed by atoms with Crippen LogP contribution >= 0.6 is 0 Å². The van der Waals surface area contributed by atoms with Gasteiger partial charge in [-0.15, -0.1) is 0 Å². The first-order valence-electron chi connectivity index (χ1n) is 5.94. The number of para-hydroxylation sites is 1. The lowest BCUT2D eigenvalue weighted by Gasteiger charge is -2.11. The van der Waals surface area contributed by atoms with E-state index < -0.39 is 24.5 Å². The molecule has 6 nitrogen and oxygen atoms in total. The first-order chi connectivity index (χ1) is 9.13. The Balaban J connectivity index is 2.19. The topological polar surface area (TPSA) is 95.9 Å². The number of amides is 1. The van der Waals surface area contributed by atoms with Crippen LogP contribution in [0.1, 0.15) is 12.8 Å². The number of carbonyl (C=O) groups is 2. The Labute approximate surface area is 111 Å². The predicted molar refractivity (Wildman–Crippen MR) is 67.8 cm³/mol. The highest BCUT2D eigenvalue weighted by atomic mass is 16.5. The van der Waals surface area contributed by atoms with Crippen LogP contribution in [0.4, 0.5) is 0 Å². The zero-order chi connectivity index (χ0) is 14.1. The highest BCUT2D eigenvalue weighted by Gasteiger charge is 2.18. The summed E-state index contributed by atoms with van der Waals surface area (Å²) in [7, 11) is 0. The normalized spacial score (nSPS) is 11.6.